The molecule has 1 amide bonds. The Kier molecular flexibility index (Phi) is 7.63. The van der Waals surface area contributed by atoms with Crippen LogP contribution in [0.2, 0.25) is 0 Å². The van der Waals surface area contributed by atoms with Gasteiger partial charge in [-0.2, -0.15) is 5.26 Å². The van der Waals surface area contributed by atoms with Gasteiger partial charge in [0.25, 0.3) is 5.91 Å². The lowest BCUT2D eigenvalue weighted by atomic mass is 9.72. The lowest BCUT2D eigenvalue weighted by Crippen LogP contribution is -2.51. The lowest BCUT2D eigenvalue weighted by molar-refractivity contribution is 0.0927. The first-order valence-corrected chi connectivity index (χ1v) is 11.6. The number of likely N-dealkylation sites (tertiary alicyclic amines) is 1. The van der Waals surface area contributed by atoms with Crippen LogP contribution in [-0.2, 0) is 5.41 Å². The number of methoxy groups -OCH3 is 1. The number of aliphatic imine (C=N–C) groups is 1. The van der Waals surface area contributed by atoms with Gasteiger partial charge >= 0.3 is 6.02 Å². The Bertz CT molecular complexity index is 1200. The lowest BCUT2D eigenvalue weighted by Gasteiger charge is -2.42. The minimum atomic E-state index is -0.264. The number of amidine groups is 1. The van der Waals surface area contributed by atoms with Crippen molar-refractivity contribution in [2.24, 2.45) is 4.99 Å². The van der Waals surface area contributed by atoms with Gasteiger partial charge in [0.1, 0.15) is 11.5 Å². The second kappa shape index (κ2) is 11.2. The quantitative estimate of drug-likeness (QED) is 0.330. The van der Waals surface area contributed by atoms with Gasteiger partial charge in [0, 0.05) is 25.0 Å². The molecule has 1 aliphatic heterocycles. The molecule has 0 saturated carbocycles. The Morgan fingerprint density at radius 3 is 2.29 bits per heavy atom. The van der Waals surface area contributed by atoms with Crippen molar-refractivity contribution in [3.63, 3.8) is 0 Å². The molecule has 1 heterocycles. The number of benzene rings is 3. The summed E-state index contributed by atoms with van der Waals surface area (Å²) in [4.78, 5) is 18.9. The highest BCUT2D eigenvalue weighted by Crippen LogP contribution is 2.35. The summed E-state index contributed by atoms with van der Waals surface area (Å²) in [5.74, 6) is 1.01. The Labute approximate surface area is 205 Å². The van der Waals surface area contributed by atoms with Gasteiger partial charge in [-0.3, -0.25) is 4.79 Å². The maximum Gasteiger partial charge on any atom is 0.308 e. The minimum absolute atomic E-state index is 0.167. The van der Waals surface area contributed by atoms with Crippen LogP contribution in [0.5, 0.6) is 11.5 Å². The van der Waals surface area contributed by atoms with Crippen LogP contribution in [0.4, 0.5) is 0 Å². The van der Waals surface area contributed by atoms with Crippen molar-refractivity contribution in [3.8, 4) is 17.7 Å². The molecule has 0 aliphatic carbocycles. The molecule has 178 valence electrons. The normalized spacial score (nSPS) is 15.1. The third-order valence-corrected chi connectivity index (χ3v) is 6.41. The van der Waals surface area contributed by atoms with Gasteiger partial charge in [-0.1, -0.05) is 60.7 Å². The molecule has 7 heteroatoms. The van der Waals surface area contributed by atoms with E-state index in [1.54, 1.807) is 19.2 Å². The summed E-state index contributed by atoms with van der Waals surface area (Å²) in [6.07, 6.45) is 3.37. The topological polar surface area (TPSA) is 87.0 Å². The number of nitrogens with one attached hydrogen (secondary N) is 1. The Balaban J connectivity index is 1.51. The van der Waals surface area contributed by atoms with Crippen LogP contribution < -0.4 is 14.8 Å². The van der Waals surface area contributed by atoms with Gasteiger partial charge in [0.05, 0.1) is 12.7 Å². The van der Waals surface area contributed by atoms with E-state index in [0.29, 0.717) is 42.7 Å². The van der Waals surface area contributed by atoms with Crippen molar-refractivity contribution < 1.29 is 14.3 Å². The van der Waals surface area contributed by atoms with Crippen LogP contribution in [0, 0.1) is 11.5 Å². The maximum absolute atomic E-state index is 13.0. The van der Waals surface area contributed by atoms with Crippen molar-refractivity contribution in [2.75, 3.05) is 26.7 Å². The molecule has 0 spiro atoms. The van der Waals surface area contributed by atoms with Crippen molar-refractivity contribution in [3.05, 3.63) is 96.1 Å². The number of amides is 1. The molecule has 1 N–H and O–H groups in total. The molecule has 0 atom stereocenters. The molecule has 4 rings (SSSR count). The maximum atomic E-state index is 13.0. The van der Waals surface area contributed by atoms with Gasteiger partial charge in [-0.05, 0) is 42.7 Å². The molecule has 0 bridgehead atoms. The number of nitrogens with zero attached hydrogens (tertiary/aromatic N) is 3. The summed E-state index contributed by atoms with van der Waals surface area (Å²) in [5, 5.41) is 12.4. The number of para-hydroxylation sites is 2. The van der Waals surface area contributed by atoms with Crippen LogP contribution in [0.3, 0.4) is 0 Å². The van der Waals surface area contributed by atoms with E-state index in [1.165, 1.54) is 5.56 Å². The number of carbonyl (C=O) groups excluding carboxylic acids is 1. The number of piperidine rings is 1. The minimum Gasteiger partial charge on any atom is -0.496 e. The van der Waals surface area contributed by atoms with Crippen molar-refractivity contribution in [1.82, 2.24) is 10.2 Å². The van der Waals surface area contributed by atoms with E-state index in [9.17, 15) is 10.1 Å². The molecule has 1 aliphatic rings. The van der Waals surface area contributed by atoms with E-state index in [-0.39, 0.29) is 11.3 Å². The summed E-state index contributed by atoms with van der Waals surface area (Å²) in [5.41, 5.74) is 1.41. The molecule has 1 fully saturated rings. The van der Waals surface area contributed by atoms with Crippen LogP contribution in [0.25, 0.3) is 0 Å². The number of hydrogen-bond donors (Lipinski definition) is 1. The number of rotatable bonds is 6. The number of nitriles is 1. The Morgan fingerprint density at radius 2 is 1.63 bits per heavy atom. The third kappa shape index (κ3) is 5.61. The monoisotopic (exact) mass is 468 g/mol. The number of ether oxygens (including phenoxy) is 2. The first kappa shape index (κ1) is 23.8. The summed E-state index contributed by atoms with van der Waals surface area (Å²) >= 11 is 0. The largest absolute Gasteiger partial charge is 0.496 e. The molecule has 3 aromatic rings. The van der Waals surface area contributed by atoms with Gasteiger partial charge in [-0.15, -0.1) is 4.99 Å². The zero-order chi connectivity index (χ0) is 24.5. The summed E-state index contributed by atoms with van der Waals surface area (Å²) in [6.45, 7) is 1.74. The summed E-state index contributed by atoms with van der Waals surface area (Å²) < 4.78 is 11.3. The molecule has 3 aromatic carbocycles. The van der Waals surface area contributed by atoms with E-state index in [1.807, 2.05) is 71.8 Å². The molecule has 7 nitrogen and oxygen atoms in total. The van der Waals surface area contributed by atoms with Crippen molar-refractivity contribution >= 4 is 11.9 Å². The second-order valence-corrected chi connectivity index (χ2v) is 8.43. The fourth-order valence-electron chi connectivity index (χ4n) is 4.46. The fraction of sp³-hybridized carbons (Fsp3) is 0.250. The molecule has 0 unspecified atom stereocenters. The Hall–Kier alpha value is -4.31. The van der Waals surface area contributed by atoms with Gasteiger partial charge < -0.3 is 19.7 Å². The van der Waals surface area contributed by atoms with Crippen molar-refractivity contribution in [1.29, 1.82) is 5.26 Å². The number of carbonyl (C=O) groups is 1. The van der Waals surface area contributed by atoms with Crippen LogP contribution in [-0.4, -0.2) is 43.6 Å². The predicted octanol–water partition coefficient (Wildman–Crippen LogP) is 4.37. The zero-order valence-corrected chi connectivity index (χ0v) is 19.7. The highest BCUT2D eigenvalue weighted by Gasteiger charge is 2.38. The second-order valence-electron chi connectivity index (χ2n) is 8.43. The predicted molar refractivity (Wildman–Crippen MR) is 134 cm³/mol. The molecular weight excluding hydrogens is 440 g/mol. The van der Waals surface area contributed by atoms with E-state index in [4.69, 9.17) is 9.47 Å². The first-order valence-electron chi connectivity index (χ1n) is 11.6. The van der Waals surface area contributed by atoms with Gasteiger partial charge in [-0.25, -0.2) is 0 Å². The molecule has 0 aromatic heterocycles. The van der Waals surface area contributed by atoms with Crippen LogP contribution >= 0.6 is 0 Å². The molecule has 0 radical (unpaired) electrons. The molecule has 35 heavy (non-hydrogen) atoms. The third-order valence-electron chi connectivity index (χ3n) is 6.41. The number of hydrogen-bond acceptors (Lipinski definition) is 5. The smallest absolute Gasteiger partial charge is 0.308 e. The highest BCUT2D eigenvalue weighted by molar-refractivity contribution is 5.97. The highest BCUT2D eigenvalue weighted by atomic mass is 16.5. The Morgan fingerprint density at radius 1 is 1.00 bits per heavy atom. The van der Waals surface area contributed by atoms with Gasteiger partial charge in [0.15, 0.2) is 0 Å². The molecular formula is C28H28N4O3. The molecule has 1 saturated heterocycles. The average molecular weight is 469 g/mol. The zero-order valence-electron chi connectivity index (χ0n) is 19.7. The van der Waals surface area contributed by atoms with Crippen LogP contribution in [0.15, 0.2) is 89.9 Å². The van der Waals surface area contributed by atoms with E-state index in [0.717, 1.165) is 12.8 Å². The van der Waals surface area contributed by atoms with Crippen molar-refractivity contribution in [2.45, 2.75) is 18.3 Å². The standard InChI is InChI=1S/C28H28N4O3/c1-34-25-15-9-8-14-24(25)26(33)30-20-28(22-10-4-2-5-11-22)16-18-32(19-17-28)27(31-21-29)35-23-12-6-3-7-13-23/h2-15H,16-20H2,1H3,(H,30,33)/b31-27+. The van der Waals surface area contributed by atoms with E-state index >= 15 is 0 Å². The summed E-state index contributed by atoms with van der Waals surface area (Å²) in [7, 11) is 1.56. The average Bonchev–Trinajstić information content (AvgIpc) is 2.93. The first-order chi connectivity index (χ1) is 17.1. The van der Waals surface area contributed by atoms with Crippen LogP contribution in [0.1, 0.15) is 28.8 Å². The summed E-state index contributed by atoms with van der Waals surface area (Å²) in [6, 6.07) is 27.1. The fourth-order valence-corrected chi connectivity index (χ4v) is 4.46. The van der Waals surface area contributed by atoms with E-state index < -0.39 is 0 Å². The van der Waals surface area contributed by atoms with Gasteiger partial charge in [0.2, 0.25) is 6.19 Å². The van der Waals surface area contributed by atoms with E-state index in [2.05, 4.69) is 22.4 Å². The SMILES string of the molecule is COc1ccccc1C(=O)NCC1(c2ccccc2)CCN(/C(=N\C#N)Oc2ccccc2)CC1.